The Morgan fingerprint density at radius 2 is 2.17 bits per heavy atom. The smallest absolute Gasteiger partial charge is 0.151 e. The second-order valence-corrected chi connectivity index (χ2v) is 4.69. The summed E-state index contributed by atoms with van der Waals surface area (Å²) in [5.74, 6) is -1.34. The third-order valence-electron chi connectivity index (χ3n) is 3.24. The summed E-state index contributed by atoms with van der Waals surface area (Å²) in [4.78, 5) is 1.75. The molecule has 2 N–H and O–H groups in total. The van der Waals surface area contributed by atoms with Crippen LogP contribution in [0.4, 0.5) is 20.2 Å². The van der Waals surface area contributed by atoms with Crippen molar-refractivity contribution in [2.75, 3.05) is 30.8 Å². The number of nitrogens with zero attached hydrogens (tertiary/aromatic N) is 1. The standard InChI is InChI=1S/C13H18F2N2O/c1-17(8-10-4-2-3-5-18-10)12-7-9(14)6-11(15)13(12)16/h6-7,10H,2-5,8,16H2,1H3. The Morgan fingerprint density at radius 3 is 2.83 bits per heavy atom. The fourth-order valence-corrected chi connectivity index (χ4v) is 2.24. The van der Waals surface area contributed by atoms with Gasteiger partial charge in [0.05, 0.1) is 17.5 Å². The molecule has 1 aromatic rings. The molecule has 5 heteroatoms. The van der Waals surface area contributed by atoms with Crippen molar-refractivity contribution >= 4 is 11.4 Å². The van der Waals surface area contributed by atoms with Crippen molar-refractivity contribution in [3.8, 4) is 0 Å². The van der Waals surface area contributed by atoms with E-state index in [-0.39, 0.29) is 11.8 Å². The third kappa shape index (κ3) is 2.90. The zero-order chi connectivity index (χ0) is 13.1. The quantitative estimate of drug-likeness (QED) is 0.845. The molecule has 0 aliphatic carbocycles. The number of rotatable bonds is 3. The lowest BCUT2D eigenvalue weighted by molar-refractivity contribution is 0.0216. The van der Waals surface area contributed by atoms with Crippen molar-refractivity contribution in [2.45, 2.75) is 25.4 Å². The highest BCUT2D eigenvalue weighted by molar-refractivity contribution is 5.68. The molecule has 3 nitrogen and oxygen atoms in total. The van der Waals surface area contributed by atoms with Crippen LogP contribution in [0.5, 0.6) is 0 Å². The maximum absolute atomic E-state index is 13.4. The minimum Gasteiger partial charge on any atom is -0.395 e. The van der Waals surface area contributed by atoms with Crippen LogP contribution in [0.25, 0.3) is 0 Å². The van der Waals surface area contributed by atoms with E-state index in [0.29, 0.717) is 12.2 Å². The first kappa shape index (κ1) is 13.1. The summed E-state index contributed by atoms with van der Waals surface area (Å²) in [6.07, 6.45) is 3.29. The number of benzene rings is 1. The molecule has 0 saturated carbocycles. The largest absolute Gasteiger partial charge is 0.395 e. The molecule has 1 aliphatic heterocycles. The average molecular weight is 256 g/mol. The normalized spacial score (nSPS) is 19.8. The van der Waals surface area contributed by atoms with Gasteiger partial charge in [-0.3, -0.25) is 0 Å². The van der Waals surface area contributed by atoms with Gasteiger partial charge in [-0.15, -0.1) is 0 Å². The van der Waals surface area contributed by atoms with Crippen LogP contribution in [0.1, 0.15) is 19.3 Å². The summed E-state index contributed by atoms with van der Waals surface area (Å²) in [5.41, 5.74) is 5.99. The van der Waals surface area contributed by atoms with Crippen LogP contribution in [0.2, 0.25) is 0 Å². The van der Waals surface area contributed by atoms with E-state index in [1.165, 1.54) is 6.07 Å². The van der Waals surface area contributed by atoms with Crippen molar-refractivity contribution in [3.63, 3.8) is 0 Å². The van der Waals surface area contributed by atoms with E-state index in [9.17, 15) is 8.78 Å². The van der Waals surface area contributed by atoms with Crippen molar-refractivity contribution in [2.24, 2.45) is 0 Å². The van der Waals surface area contributed by atoms with Crippen molar-refractivity contribution in [3.05, 3.63) is 23.8 Å². The fraction of sp³-hybridized carbons (Fsp3) is 0.538. The third-order valence-corrected chi connectivity index (χ3v) is 3.24. The Balaban J connectivity index is 2.10. The molecular weight excluding hydrogens is 238 g/mol. The van der Waals surface area contributed by atoms with Crippen LogP contribution in [0.15, 0.2) is 12.1 Å². The van der Waals surface area contributed by atoms with E-state index in [2.05, 4.69) is 0 Å². The zero-order valence-corrected chi connectivity index (χ0v) is 10.5. The van der Waals surface area contributed by atoms with Crippen LogP contribution in [0, 0.1) is 11.6 Å². The van der Waals surface area contributed by atoms with Crippen LogP contribution in [0.3, 0.4) is 0 Å². The Bertz CT molecular complexity index is 420. The summed E-state index contributed by atoms with van der Waals surface area (Å²) >= 11 is 0. The average Bonchev–Trinajstić information content (AvgIpc) is 2.35. The Morgan fingerprint density at radius 1 is 1.39 bits per heavy atom. The first-order valence-electron chi connectivity index (χ1n) is 6.15. The van der Waals surface area contributed by atoms with Gasteiger partial charge in [-0.1, -0.05) is 0 Å². The Labute approximate surface area is 106 Å². The van der Waals surface area contributed by atoms with E-state index in [4.69, 9.17) is 10.5 Å². The monoisotopic (exact) mass is 256 g/mol. The number of halogens is 2. The van der Waals surface area contributed by atoms with E-state index >= 15 is 0 Å². The summed E-state index contributed by atoms with van der Waals surface area (Å²) in [6.45, 7) is 1.35. The lowest BCUT2D eigenvalue weighted by Crippen LogP contribution is -2.33. The van der Waals surface area contributed by atoms with E-state index < -0.39 is 11.6 Å². The minimum absolute atomic E-state index is 0.0188. The first-order valence-corrected chi connectivity index (χ1v) is 6.15. The van der Waals surface area contributed by atoms with Gasteiger partial charge in [0.15, 0.2) is 5.82 Å². The molecule has 1 fully saturated rings. The van der Waals surface area contributed by atoms with Gasteiger partial charge < -0.3 is 15.4 Å². The number of ether oxygens (including phenoxy) is 1. The van der Waals surface area contributed by atoms with Gasteiger partial charge in [-0.25, -0.2) is 8.78 Å². The van der Waals surface area contributed by atoms with Crippen LogP contribution < -0.4 is 10.6 Å². The highest BCUT2D eigenvalue weighted by Gasteiger charge is 2.18. The molecule has 1 heterocycles. The molecular formula is C13H18F2N2O. The zero-order valence-electron chi connectivity index (χ0n) is 10.5. The first-order chi connectivity index (χ1) is 8.58. The molecule has 1 saturated heterocycles. The number of anilines is 2. The minimum atomic E-state index is -0.721. The van der Waals surface area contributed by atoms with Crippen LogP contribution in [-0.2, 0) is 4.74 Å². The molecule has 1 aliphatic rings. The number of likely N-dealkylation sites (N-methyl/N-ethyl adjacent to an activating group) is 1. The molecule has 1 unspecified atom stereocenters. The molecule has 0 bridgehead atoms. The van der Waals surface area contributed by atoms with Gasteiger partial charge in [-0.2, -0.15) is 0 Å². The van der Waals surface area contributed by atoms with Gasteiger partial charge in [0.2, 0.25) is 0 Å². The fourth-order valence-electron chi connectivity index (χ4n) is 2.24. The molecule has 0 amide bonds. The summed E-state index contributed by atoms with van der Waals surface area (Å²) < 4.78 is 32.1. The molecule has 1 atom stereocenters. The molecule has 0 aromatic heterocycles. The second-order valence-electron chi connectivity index (χ2n) is 4.69. The maximum Gasteiger partial charge on any atom is 0.151 e. The summed E-state index contributed by atoms with van der Waals surface area (Å²) in [6, 6.07) is 2.05. The van der Waals surface area contributed by atoms with E-state index in [1.54, 1.807) is 11.9 Å². The van der Waals surface area contributed by atoms with E-state index in [0.717, 1.165) is 31.9 Å². The Hall–Kier alpha value is -1.36. The van der Waals surface area contributed by atoms with Crippen molar-refractivity contribution in [1.29, 1.82) is 0 Å². The van der Waals surface area contributed by atoms with E-state index in [1.807, 2.05) is 0 Å². The van der Waals surface area contributed by atoms with Gasteiger partial charge in [-0.05, 0) is 25.3 Å². The van der Waals surface area contributed by atoms with Gasteiger partial charge in [0, 0.05) is 26.3 Å². The number of hydrogen-bond acceptors (Lipinski definition) is 3. The lowest BCUT2D eigenvalue weighted by Gasteiger charge is -2.29. The topological polar surface area (TPSA) is 38.5 Å². The highest BCUT2D eigenvalue weighted by Crippen LogP contribution is 2.27. The predicted molar refractivity (Wildman–Crippen MR) is 67.6 cm³/mol. The predicted octanol–water partition coefficient (Wildman–Crippen LogP) is 2.55. The number of nitrogens with two attached hydrogens (primary N) is 1. The summed E-state index contributed by atoms with van der Waals surface area (Å²) in [7, 11) is 1.77. The van der Waals surface area contributed by atoms with Gasteiger partial charge in [0.25, 0.3) is 0 Å². The lowest BCUT2D eigenvalue weighted by atomic mass is 10.1. The molecule has 0 radical (unpaired) electrons. The van der Waals surface area contributed by atoms with Crippen molar-refractivity contribution < 1.29 is 13.5 Å². The molecule has 100 valence electrons. The summed E-state index contributed by atoms with van der Waals surface area (Å²) in [5, 5.41) is 0. The maximum atomic E-state index is 13.4. The SMILES string of the molecule is CN(CC1CCCCO1)c1cc(F)cc(F)c1N. The van der Waals surface area contributed by atoms with Gasteiger partial charge in [0.1, 0.15) is 5.82 Å². The molecule has 0 spiro atoms. The number of hydrogen-bond donors (Lipinski definition) is 1. The molecule has 1 aromatic carbocycles. The van der Waals surface area contributed by atoms with Crippen LogP contribution in [-0.4, -0.2) is 26.3 Å². The van der Waals surface area contributed by atoms with Gasteiger partial charge >= 0.3 is 0 Å². The van der Waals surface area contributed by atoms with Crippen molar-refractivity contribution in [1.82, 2.24) is 0 Å². The second kappa shape index (κ2) is 5.52. The van der Waals surface area contributed by atoms with Crippen LogP contribution >= 0.6 is 0 Å². The molecule has 18 heavy (non-hydrogen) atoms. The highest BCUT2D eigenvalue weighted by atomic mass is 19.1. The molecule has 2 rings (SSSR count). The Kier molecular flexibility index (Phi) is 4.01. The number of nitrogen functional groups attached to an aromatic ring is 1.